The van der Waals surface area contributed by atoms with Crippen molar-refractivity contribution in [1.29, 1.82) is 0 Å². The molecule has 0 spiro atoms. The quantitative estimate of drug-likeness (QED) is 0.818. The Morgan fingerprint density at radius 1 is 1.21 bits per heavy atom. The Morgan fingerprint density at radius 2 is 1.96 bits per heavy atom. The summed E-state index contributed by atoms with van der Waals surface area (Å²) in [6, 6.07) is 14.3. The summed E-state index contributed by atoms with van der Waals surface area (Å²) in [5, 5.41) is 9.87. The average Bonchev–Trinajstić information content (AvgIpc) is 2.73. The van der Waals surface area contributed by atoms with E-state index in [9.17, 15) is 18.7 Å². The molecule has 150 valence electrons. The maximum absolute atomic E-state index is 13.0. The van der Waals surface area contributed by atoms with Crippen LogP contribution in [-0.2, 0) is 0 Å². The number of aliphatic hydroxyl groups excluding tert-OH is 1. The number of hydrogen-bond acceptors (Lipinski definition) is 4. The van der Waals surface area contributed by atoms with Crippen LogP contribution >= 0.6 is 0 Å². The van der Waals surface area contributed by atoms with E-state index in [0.29, 0.717) is 19.5 Å². The van der Waals surface area contributed by atoms with E-state index in [-0.39, 0.29) is 35.5 Å². The lowest BCUT2D eigenvalue weighted by molar-refractivity contribution is -0.0517. The molecular formula is C21H23F2NO4. The highest BCUT2D eigenvalue weighted by Gasteiger charge is 2.33. The second kappa shape index (κ2) is 9.01. The van der Waals surface area contributed by atoms with Gasteiger partial charge in [0.15, 0.2) is 11.5 Å². The number of halogens is 2. The number of ether oxygens (including phenoxy) is 2. The van der Waals surface area contributed by atoms with Crippen LogP contribution in [0.4, 0.5) is 8.78 Å². The predicted molar refractivity (Wildman–Crippen MR) is 99.9 cm³/mol. The van der Waals surface area contributed by atoms with E-state index in [1.165, 1.54) is 19.2 Å². The summed E-state index contributed by atoms with van der Waals surface area (Å²) in [4.78, 5) is 14.6. The number of carbonyl (C=O) groups is 1. The Bertz CT molecular complexity index is 800. The van der Waals surface area contributed by atoms with E-state index in [1.807, 2.05) is 30.3 Å². The van der Waals surface area contributed by atoms with Gasteiger partial charge >= 0.3 is 6.61 Å². The maximum Gasteiger partial charge on any atom is 0.387 e. The van der Waals surface area contributed by atoms with Gasteiger partial charge in [0.1, 0.15) is 0 Å². The summed E-state index contributed by atoms with van der Waals surface area (Å²) >= 11 is 0. The van der Waals surface area contributed by atoms with Gasteiger partial charge in [-0.05, 0) is 30.0 Å². The van der Waals surface area contributed by atoms with Crippen LogP contribution in [0.15, 0.2) is 48.5 Å². The molecule has 3 rings (SSSR count). The van der Waals surface area contributed by atoms with Crippen molar-refractivity contribution >= 4 is 5.91 Å². The van der Waals surface area contributed by atoms with Crippen molar-refractivity contribution in [2.45, 2.75) is 19.0 Å². The predicted octanol–water partition coefficient (Wildman–Crippen LogP) is 3.53. The van der Waals surface area contributed by atoms with Gasteiger partial charge < -0.3 is 19.5 Å². The molecule has 0 saturated carbocycles. The van der Waals surface area contributed by atoms with E-state index in [0.717, 1.165) is 5.56 Å². The van der Waals surface area contributed by atoms with Gasteiger partial charge in [-0.1, -0.05) is 36.4 Å². The molecule has 5 nitrogen and oxygen atoms in total. The molecular weight excluding hydrogens is 368 g/mol. The number of aliphatic hydroxyl groups is 1. The number of amides is 1. The highest BCUT2D eigenvalue weighted by molar-refractivity contribution is 5.98. The van der Waals surface area contributed by atoms with Crippen molar-refractivity contribution in [1.82, 2.24) is 4.90 Å². The first-order valence-electron chi connectivity index (χ1n) is 9.12. The Hall–Kier alpha value is -2.67. The zero-order chi connectivity index (χ0) is 20.1. The van der Waals surface area contributed by atoms with Crippen molar-refractivity contribution in [3.05, 3.63) is 59.7 Å². The topological polar surface area (TPSA) is 59.0 Å². The summed E-state index contributed by atoms with van der Waals surface area (Å²) in [5.41, 5.74) is 1.14. The first kappa shape index (κ1) is 20.1. The average molecular weight is 391 g/mol. The minimum Gasteiger partial charge on any atom is -0.493 e. The molecule has 28 heavy (non-hydrogen) atoms. The van der Waals surface area contributed by atoms with Crippen LogP contribution in [0.2, 0.25) is 0 Å². The lowest BCUT2D eigenvalue weighted by Gasteiger charge is -2.38. The summed E-state index contributed by atoms with van der Waals surface area (Å²) in [7, 11) is 1.33. The Balaban J connectivity index is 1.82. The summed E-state index contributed by atoms with van der Waals surface area (Å²) in [6.07, 6.45) is 0.677. The molecule has 2 atom stereocenters. The van der Waals surface area contributed by atoms with Gasteiger partial charge in [-0.15, -0.1) is 0 Å². The van der Waals surface area contributed by atoms with Gasteiger partial charge in [-0.3, -0.25) is 4.79 Å². The van der Waals surface area contributed by atoms with Crippen molar-refractivity contribution in [3.8, 4) is 11.5 Å². The number of piperidine rings is 1. The number of hydrogen-bond donors (Lipinski definition) is 1. The number of rotatable bonds is 6. The lowest BCUT2D eigenvalue weighted by Crippen LogP contribution is -2.44. The molecule has 2 aromatic carbocycles. The fraction of sp³-hybridized carbons (Fsp3) is 0.381. The minimum atomic E-state index is -3.07. The van der Waals surface area contributed by atoms with Crippen LogP contribution in [-0.4, -0.2) is 49.3 Å². The molecule has 0 aromatic heterocycles. The van der Waals surface area contributed by atoms with E-state index < -0.39 is 12.5 Å². The molecule has 1 saturated heterocycles. The Labute approximate surface area is 162 Å². The lowest BCUT2D eigenvalue weighted by atomic mass is 9.80. The van der Waals surface area contributed by atoms with Crippen LogP contribution < -0.4 is 9.47 Å². The fourth-order valence-corrected chi connectivity index (χ4v) is 3.77. The summed E-state index contributed by atoms with van der Waals surface area (Å²) in [6.45, 7) is -2.35. The Morgan fingerprint density at radius 3 is 2.61 bits per heavy atom. The standard InChI is InChI=1S/C21H23F2NO4/c1-27-18-9-5-8-17(19(18)28-21(22)23)20(26)24-11-10-16(15(12-24)13-25)14-6-3-2-4-7-14/h2-9,15-16,21,25H,10-13H2,1H3/t15-,16+/m1/s1. The normalized spacial score (nSPS) is 19.5. The summed E-state index contributed by atoms with van der Waals surface area (Å²) in [5.74, 6) is -0.609. The number of alkyl halides is 2. The van der Waals surface area contributed by atoms with Crippen molar-refractivity contribution in [2.24, 2.45) is 5.92 Å². The smallest absolute Gasteiger partial charge is 0.387 e. The van der Waals surface area contributed by atoms with Crippen molar-refractivity contribution in [3.63, 3.8) is 0 Å². The fourth-order valence-electron chi connectivity index (χ4n) is 3.77. The third kappa shape index (κ3) is 4.25. The van der Waals surface area contributed by atoms with E-state index >= 15 is 0 Å². The zero-order valence-corrected chi connectivity index (χ0v) is 15.6. The molecule has 1 N–H and O–H groups in total. The van der Waals surface area contributed by atoms with Crippen LogP contribution in [0.1, 0.15) is 28.3 Å². The second-order valence-electron chi connectivity index (χ2n) is 6.72. The molecule has 0 bridgehead atoms. The highest BCUT2D eigenvalue weighted by Crippen LogP contribution is 2.36. The molecule has 0 radical (unpaired) electrons. The van der Waals surface area contributed by atoms with Crippen LogP contribution in [0.25, 0.3) is 0 Å². The molecule has 1 aliphatic heterocycles. The zero-order valence-electron chi connectivity index (χ0n) is 15.6. The molecule has 1 fully saturated rings. The van der Waals surface area contributed by atoms with E-state index in [2.05, 4.69) is 4.74 Å². The minimum absolute atomic E-state index is 0.0227. The first-order valence-corrected chi connectivity index (χ1v) is 9.12. The van der Waals surface area contributed by atoms with Crippen molar-refractivity contribution < 1.29 is 28.2 Å². The third-order valence-electron chi connectivity index (χ3n) is 5.12. The monoisotopic (exact) mass is 391 g/mol. The van der Waals surface area contributed by atoms with Gasteiger partial charge in [-0.2, -0.15) is 8.78 Å². The van der Waals surface area contributed by atoms with E-state index in [1.54, 1.807) is 11.0 Å². The second-order valence-corrected chi connectivity index (χ2v) is 6.72. The van der Waals surface area contributed by atoms with Gasteiger partial charge in [-0.25, -0.2) is 0 Å². The number of nitrogens with zero attached hydrogens (tertiary/aromatic N) is 1. The van der Waals surface area contributed by atoms with Gasteiger partial charge in [0.25, 0.3) is 5.91 Å². The highest BCUT2D eigenvalue weighted by atomic mass is 19.3. The molecule has 1 heterocycles. The molecule has 1 amide bonds. The van der Waals surface area contributed by atoms with Gasteiger partial charge in [0, 0.05) is 25.6 Å². The molecule has 2 aromatic rings. The van der Waals surface area contributed by atoms with Crippen LogP contribution in [0.3, 0.4) is 0 Å². The SMILES string of the molecule is COc1cccc(C(=O)N2CC[C@@H](c3ccccc3)[C@@H](CO)C2)c1OC(F)F. The molecule has 1 aliphatic rings. The number of methoxy groups -OCH3 is 1. The third-order valence-corrected chi connectivity index (χ3v) is 5.12. The first-order chi connectivity index (χ1) is 13.5. The number of para-hydroxylation sites is 1. The number of benzene rings is 2. The summed E-state index contributed by atoms with van der Waals surface area (Å²) < 4.78 is 35.3. The molecule has 0 unspecified atom stereocenters. The molecule has 7 heteroatoms. The Kier molecular flexibility index (Phi) is 6.46. The van der Waals surface area contributed by atoms with Gasteiger partial charge in [0.2, 0.25) is 0 Å². The number of likely N-dealkylation sites (tertiary alicyclic amines) is 1. The maximum atomic E-state index is 13.0. The van der Waals surface area contributed by atoms with E-state index in [4.69, 9.17) is 4.74 Å². The van der Waals surface area contributed by atoms with Crippen LogP contribution in [0, 0.1) is 5.92 Å². The number of carbonyl (C=O) groups excluding carboxylic acids is 1. The van der Waals surface area contributed by atoms with Crippen LogP contribution in [0.5, 0.6) is 11.5 Å². The molecule has 0 aliphatic carbocycles. The largest absolute Gasteiger partial charge is 0.493 e. The van der Waals surface area contributed by atoms with Crippen molar-refractivity contribution in [2.75, 3.05) is 26.8 Å². The van der Waals surface area contributed by atoms with Gasteiger partial charge in [0.05, 0.1) is 12.7 Å².